The third kappa shape index (κ3) is 3.34. The molecule has 0 aromatic rings. The highest BCUT2D eigenvalue weighted by molar-refractivity contribution is 5.78. The fourth-order valence-electron chi connectivity index (χ4n) is 2.53. The molecule has 1 unspecified atom stereocenters. The van der Waals surface area contributed by atoms with Gasteiger partial charge in [-0.2, -0.15) is 0 Å². The molecule has 90 valence electrons. The van der Waals surface area contributed by atoms with Gasteiger partial charge >= 0.3 is 0 Å². The number of amides is 1. The molecule has 2 aliphatic rings. The number of nitrogens with one attached hydrogen (secondary N) is 2. The molecule has 1 fully saturated rings. The van der Waals surface area contributed by atoms with Crippen molar-refractivity contribution < 1.29 is 4.79 Å². The smallest absolute Gasteiger partial charge is 0.224 e. The van der Waals surface area contributed by atoms with Gasteiger partial charge in [-0.25, -0.2) is 0 Å². The van der Waals surface area contributed by atoms with Gasteiger partial charge in [-0.15, -0.1) is 0 Å². The van der Waals surface area contributed by atoms with Crippen molar-refractivity contribution >= 4 is 5.91 Å². The summed E-state index contributed by atoms with van der Waals surface area (Å²) in [6, 6.07) is 0. The highest BCUT2D eigenvalue weighted by Crippen LogP contribution is 2.19. The quantitative estimate of drug-likeness (QED) is 0.709. The van der Waals surface area contributed by atoms with E-state index in [1.54, 1.807) is 0 Å². The lowest BCUT2D eigenvalue weighted by molar-refractivity contribution is -0.125. The molecule has 0 bridgehead atoms. The minimum atomic E-state index is 0.200. The number of rotatable bonds is 4. The van der Waals surface area contributed by atoms with Crippen LogP contribution in [0.25, 0.3) is 0 Å². The molecule has 0 radical (unpaired) electrons. The van der Waals surface area contributed by atoms with Gasteiger partial charge in [0, 0.05) is 13.1 Å². The van der Waals surface area contributed by atoms with Crippen molar-refractivity contribution in [2.24, 2.45) is 5.92 Å². The summed E-state index contributed by atoms with van der Waals surface area (Å²) in [5.74, 6) is 0.442. The Morgan fingerprint density at radius 3 is 3.12 bits per heavy atom. The van der Waals surface area contributed by atoms with Crippen LogP contribution in [0.4, 0.5) is 0 Å². The van der Waals surface area contributed by atoms with E-state index >= 15 is 0 Å². The van der Waals surface area contributed by atoms with Crippen LogP contribution < -0.4 is 10.6 Å². The Bertz CT molecular complexity index is 267. The van der Waals surface area contributed by atoms with Crippen LogP contribution in [0.1, 0.15) is 38.5 Å². The van der Waals surface area contributed by atoms with Crippen LogP contribution in [0.5, 0.6) is 0 Å². The molecular weight excluding hydrogens is 200 g/mol. The maximum Gasteiger partial charge on any atom is 0.224 e. The summed E-state index contributed by atoms with van der Waals surface area (Å²) in [4.78, 5) is 11.8. The number of allylic oxidation sites excluding steroid dienone is 1. The van der Waals surface area contributed by atoms with Crippen molar-refractivity contribution in [3.8, 4) is 0 Å². The first-order valence-electron chi connectivity index (χ1n) is 6.52. The Labute approximate surface area is 97.7 Å². The summed E-state index contributed by atoms with van der Waals surface area (Å²) in [6.07, 6.45) is 9.32. The highest BCUT2D eigenvalue weighted by Gasteiger charge is 2.20. The van der Waals surface area contributed by atoms with Crippen molar-refractivity contribution in [1.29, 1.82) is 0 Å². The minimum absolute atomic E-state index is 0.200. The molecule has 0 spiro atoms. The van der Waals surface area contributed by atoms with E-state index in [1.807, 2.05) is 0 Å². The van der Waals surface area contributed by atoms with E-state index in [4.69, 9.17) is 0 Å². The molecule has 0 aromatic carbocycles. The van der Waals surface area contributed by atoms with Gasteiger partial charge in [0.25, 0.3) is 0 Å². The van der Waals surface area contributed by atoms with Crippen LogP contribution in [-0.4, -0.2) is 25.5 Å². The SMILES string of the molecule is O=C(NCCC1=CCCC1)C1CCCNC1. The van der Waals surface area contributed by atoms with Crippen LogP contribution in [0.3, 0.4) is 0 Å². The van der Waals surface area contributed by atoms with Crippen LogP contribution in [0, 0.1) is 5.92 Å². The molecule has 1 heterocycles. The maximum atomic E-state index is 11.8. The van der Waals surface area contributed by atoms with Gasteiger partial charge in [0.1, 0.15) is 0 Å². The Morgan fingerprint density at radius 2 is 2.44 bits per heavy atom. The predicted octanol–water partition coefficient (Wildman–Crippen LogP) is 1.60. The molecule has 1 saturated heterocycles. The molecule has 1 amide bonds. The Balaban J connectivity index is 1.63. The number of hydrogen-bond donors (Lipinski definition) is 2. The van der Waals surface area contributed by atoms with E-state index in [1.165, 1.54) is 24.8 Å². The topological polar surface area (TPSA) is 41.1 Å². The number of piperidine rings is 1. The summed E-state index contributed by atoms with van der Waals surface area (Å²) in [5.41, 5.74) is 1.53. The molecular formula is C13H22N2O. The van der Waals surface area contributed by atoms with Gasteiger partial charge in [-0.05, 0) is 45.1 Å². The van der Waals surface area contributed by atoms with Crippen LogP contribution in [0.2, 0.25) is 0 Å². The zero-order valence-corrected chi connectivity index (χ0v) is 9.93. The van der Waals surface area contributed by atoms with Crippen molar-refractivity contribution in [1.82, 2.24) is 10.6 Å². The molecule has 1 atom stereocenters. The first kappa shape index (κ1) is 11.6. The fourth-order valence-corrected chi connectivity index (χ4v) is 2.53. The van der Waals surface area contributed by atoms with Gasteiger partial charge in [0.2, 0.25) is 5.91 Å². The summed E-state index contributed by atoms with van der Waals surface area (Å²) < 4.78 is 0. The Morgan fingerprint density at radius 1 is 1.50 bits per heavy atom. The van der Waals surface area contributed by atoms with Crippen molar-refractivity contribution in [3.05, 3.63) is 11.6 Å². The maximum absolute atomic E-state index is 11.8. The molecule has 2 rings (SSSR count). The summed E-state index contributed by atoms with van der Waals surface area (Å²) in [5, 5.41) is 6.33. The van der Waals surface area contributed by atoms with Crippen molar-refractivity contribution in [2.75, 3.05) is 19.6 Å². The lowest BCUT2D eigenvalue weighted by atomic mass is 9.99. The standard InChI is InChI=1S/C13H22N2O/c16-13(12-6-3-8-14-10-12)15-9-7-11-4-1-2-5-11/h4,12,14H,1-3,5-10H2,(H,15,16). The molecule has 3 nitrogen and oxygen atoms in total. The first-order valence-corrected chi connectivity index (χ1v) is 6.52. The van der Waals surface area contributed by atoms with E-state index in [2.05, 4.69) is 16.7 Å². The Kier molecular flexibility index (Phi) is 4.40. The molecule has 16 heavy (non-hydrogen) atoms. The zero-order chi connectivity index (χ0) is 11.2. The average molecular weight is 222 g/mol. The second kappa shape index (κ2) is 6.04. The normalized spacial score (nSPS) is 25.2. The van der Waals surface area contributed by atoms with E-state index < -0.39 is 0 Å². The molecule has 1 aliphatic heterocycles. The van der Waals surface area contributed by atoms with Gasteiger partial charge in [-0.3, -0.25) is 4.79 Å². The Hall–Kier alpha value is -0.830. The second-order valence-corrected chi connectivity index (χ2v) is 4.84. The molecule has 0 aromatic heterocycles. The lowest BCUT2D eigenvalue weighted by Gasteiger charge is -2.21. The van der Waals surface area contributed by atoms with Gasteiger partial charge in [0.05, 0.1) is 5.92 Å². The predicted molar refractivity (Wildman–Crippen MR) is 65.2 cm³/mol. The van der Waals surface area contributed by atoms with Crippen molar-refractivity contribution in [3.63, 3.8) is 0 Å². The van der Waals surface area contributed by atoms with Crippen LogP contribution >= 0.6 is 0 Å². The number of carbonyl (C=O) groups excluding carboxylic acids is 1. The molecule has 3 heteroatoms. The second-order valence-electron chi connectivity index (χ2n) is 4.84. The highest BCUT2D eigenvalue weighted by atomic mass is 16.1. The third-order valence-electron chi connectivity index (χ3n) is 3.55. The van der Waals surface area contributed by atoms with E-state index in [0.717, 1.165) is 38.9 Å². The van der Waals surface area contributed by atoms with Crippen molar-refractivity contribution in [2.45, 2.75) is 38.5 Å². The number of carbonyl (C=O) groups is 1. The third-order valence-corrected chi connectivity index (χ3v) is 3.55. The lowest BCUT2D eigenvalue weighted by Crippen LogP contribution is -2.40. The number of hydrogen-bond acceptors (Lipinski definition) is 2. The largest absolute Gasteiger partial charge is 0.356 e. The monoisotopic (exact) mass is 222 g/mol. The molecule has 0 saturated carbocycles. The van der Waals surface area contributed by atoms with Crippen LogP contribution in [0.15, 0.2) is 11.6 Å². The van der Waals surface area contributed by atoms with Gasteiger partial charge < -0.3 is 10.6 Å². The van der Waals surface area contributed by atoms with Crippen LogP contribution in [-0.2, 0) is 4.79 Å². The molecule has 2 N–H and O–H groups in total. The minimum Gasteiger partial charge on any atom is -0.356 e. The fraction of sp³-hybridized carbons (Fsp3) is 0.769. The summed E-state index contributed by atoms with van der Waals surface area (Å²) in [6.45, 7) is 2.74. The van der Waals surface area contributed by atoms with Gasteiger partial charge in [0.15, 0.2) is 0 Å². The zero-order valence-electron chi connectivity index (χ0n) is 9.93. The van der Waals surface area contributed by atoms with E-state index in [-0.39, 0.29) is 11.8 Å². The van der Waals surface area contributed by atoms with E-state index in [0.29, 0.717) is 0 Å². The molecule has 1 aliphatic carbocycles. The summed E-state index contributed by atoms with van der Waals surface area (Å²) in [7, 11) is 0. The average Bonchev–Trinajstić information content (AvgIpc) is 2.83. The van der Waals surface area contributed by atoms with E-state index in [9.17, 15) is 4.79 Å². The summed E-state index contributed by atoms with van der Waals surface area (Å²) >= 11 is 0. The van der Waals surface area contributed by atoms with Gasteiger partial charge in [-0.1, -0.05) is 11.6 Å². The first-order chi connectivity index (χ1) is 7.86.